The number of fused-ring (bicyclic) bond motifs is 1. The summed E-state index contributed by atoms with van der Waals surface area (Å²) in [7, 11) is 0. The van der Waals surface area contributed by atoms with Gasteiger partial charge < -0.3 is 19.6 Å². The fourth-order valence-electron chi connectivity index (χ4n) is 3.38. The summed E-state index contributed by atoms with van der Waals surface area (Å²) >= 11 is 0. The number of hydrogen-bond acceptors (Lipinski definition) is 4. The van der Waals surface area contributed by atoms with Gasteiger partial charge in [-0.05, 0) is 51.2 Å². The highest BCUT2D eigenvalue weighted by Crippen LogP contribution is 2.32. The Kier molecular flexibility index (Phi) is 5.88. The van der Waals surface area contributed by atoms with Crippen molar-refractivity contribution in [2.24, 2.45) is 5.92 Å². The Bertz CT molecular complexity index is 622. The topological polar surface area (TPSA) is 53.0 Å². The van der Waals surface area contributed by atoms with Crippen LogP contribution in [0.4, 0.5) is 5.69 Å². The molecule has 1 aliphatic heterocycles. The number of β-amino-alcohol motifs (C(OH)–C–C–N with tert-alkyl or cyclic N) is 1. The smallest absolute Gasteiger partial charge is 0.224 e. The lowest BCUT2D eigenvalue weighted by Crippen LogP contribution is -2.42. The normalized spacial score (nSPS) is 19.8. The summed E-state index contributed by atoms with van der Waals surface area (Å²) in [5, 5.41) is 10.4. The van der Waals surface area contributed by atoms with E-state index in [0.717, 1.165) is 17.8 Å². The molecule has 1 saturated carbocycles. The fourth-order valence-corrected chi connectivity index (χ4v) is 3.38. The number of anilines is 1. The number of aliphatic hydroxyl groups is 1. The van der Waals surface area contributed by atoms with Crippen LogP contribution < -0.4 is 4.90 Å². The number of benzene rings is 1. The predicted molar refractivity (Wildman–Crippen MR) is 103 cm³/mol. The van der Waals surface area contributed by atoms with Crippen molar-refractivity contribution in [2.45, 2.75) is 58.3 Å². The number of aliphatic hydroxyl groups excluding tert-OH is 1. The summed E-state index contributed by atoms with van der Waals surface area (Å²) in [6.07, 6.45) is 2.41. The Hall–Kier alpha value is -1.59. The molecule has 1 atom stereocenters. The second-order valence-corrected chi connectivity index (χ2v) is 8.62. The zero-order chi connectivity index (χ0) is 18.7. The van der Waals surface area contributed by atoms with Gasteiger partial charge in [0.15, 0.2) is 0 Å². The zero-order valence-corrected chi connectivity index (χ0v) is 16.3. The maximum absolute atomic E-state index is 12.6. The van der Waals surface area contributed by atoms with E-state index in [0.29, 0.717) is 38.6 Å². The quantitative estimate of drug-likeness (QED) is 0.848. The van der Waals surface area contributed by atoms with Crippen LogP contribution in [0.1, 0.15) is 45.6 Å². The highest BCUT2D eigenvalue weighted by atomic mass is 16.5. The Morgan fingerprint density at radius 3 is 2.65 bits per heavy atom. The molecule has 3 rings (SSSR count). The van der Waals surface area contributed by atoms with Crippen molar-refractivity contribution in [1.82, 2.24) is 4.90 Å². The van der Waals surface area contributed by atoms with E-state index in [1.807, 2.05) is 37.8 Å². The van der Waals surface area contributed by atoms with E-state index in [4.69, 9.17) is 4.74 Å². The first-order valence-corrected chi connectivity index (χ1v) is 9.74. The Balaban J connectivity index is 1.71. The molecule has 0 aromatic heterocycles. The average Bonchev–Trinajstić information content (AvgIpc) is 3.39. The van der Waals surface area contributed by atoms with Gasteiger partial charge in [-0.2, -0.15) is 0 Å². The standard InChI is InChI=1S/C21H32N2O3/c1-21(2,3)26-15-18(24)14-22-11-10-20(25)23(12-16-8-9-16)13-17-6-4-5-7-19(17)22/h4-7,16,18,24H,8-15H2,1-3H3. The van der Waals surface area contributed by atoms with Gasteiger partial charge in [0.1, 0.15) is 0 Å². The number of para-hydroxylation sites is 1. The van der Waals surface area contributed by atoms with E-state index in [9.17, 15) is 9.90 Å². The van der Waals surface area contributed by atoms with Crippen LogP contribution in [-0.4, -0.2) is 53.9 Å². The molecule has 0 bridgehead atoms. The first kappa shape index (κ1) is 19.2. The Morgan fingerprint density at radius 2 is 1.96 bits per heavy atom. The lowest BCUT2D eigenvalue weighted by molar-refractivity contribution is -0.132. The fraction of sp³-hybridized carbons (Fsp3) is 0.667. The molecule has 1 fully saturated rings. The molecular formula is C21H32N2O3. The zero-order valence-electron chi connectivity index (χ0n) is 16.3. The molecule has 0 radical (unpaired) electrons. The highest BCUT2D eigenvalue weighted by molar-refractivity contribution is 5.78. The summed E-state index contributed by atoms with van der Waals surface area (Å²) < 4.78 is 5.71. The molecule has 1 aromatic rings. The summed E-state index contributed by atoms with van der Waals surface area (Å²) in [5.74, 6) is 0.912. The first-order valence-electron chi connectivity index (χ1n) is 9.74. The molecule has 5 nitrogen and oxygen atoms in total. The number of hydrogen-bond donors (Lipinski definition) is 1. The van der Waals surface area contributed by atoms with Gasteiger partial charge in [0.25, 0.3) is 0 Å². The molecule has 1 amide bonds. The number of rotatable bonds is 6. The van der Waals surface area contributed by atoms with Gasteiger partial charge in [0.05, 0.1) is 18.3 Å². The maximum atomic E-state index is 12.6. The first-order chi connectivity index (χ1) is 12.3. The molecule has 0 saturated heterocycles. The van der Waals surface area contributed by atoms with Crippen LogP contribution in [0.25, 0.3) is 0 Å². The van der Waals surface area contributed by atoms with Crippen molar-refractivity contribution < 1.29 is 14.6 Å². The van der Waals surface area contributed by atoms with Crippen LogP contribution in [0.15, 0.2) is 24.3 Å². The van der Waals surface area contributed by atoms with Gasteiger partial charge >= 0.3 is 0 Å². The molecule has 1 heterocycles. The molecule has 1 aromatic carbocycles. The summed E-state index contributed by atoms with van der Waals surface area (Å²) in [6.45, 7) is 8.90. The molecule has 2 aliphatic rings. The number of amides is 1. The van der Waals surface area contributed by atoms with E-state index >= 15 is 0 Å². The van der Waals surface area contributed by atoms with Gasteiger partial charge in [-0.25, -0.2) is 0 Å². The molecule has 144 valence electrons. The maximum Gasteiger partial charge on any atom is 0.224 e. The molecule has 1 unspecified atom stereocenters. The predicted octanol–water partition coefficient (Wildman–Crippen LogP) is 2.81. The second kappa shape index (κ2) is 7.97. The van der Waals surface area contributed by atoms with Gasteiger partial charge in [-0.1, -0.05) is 18.2 Å². The molecule has 1 N–H and O–H groups in total. The van der Waals surface area contributed by atoms with Crippen molar-refractivity contribution in [3.8, 4) is 0 Å². The van der Waals surface area contributed by atoms with Crippen LogP contribution in [0.5, 0.6) is 0 Å². The van der Waals surface area contributed by atoms with Crippen molar-refractivity contribution in [3.63, 3.8) is 0 Å². The number of carbonyl (C=O) groups is 1. The molecule has 1 aliphatic carbocycles. The third-order valence-corrected chi connectivity index (χ3v) is 4.96. The Labute approximate surface area is 156 Å². The molecule has 26 heavy (non-hydrogen) atoms. The van der Waals surface area contributed by atoms with Crippen molar-refractivity contribution >= 4 is 11.6 Å². The minimum Gasteiger partial charge on any atom is -0.389 e. The van der Waals surface area contributed by atoms with E-state index in [1.165, 1.54) is 12.8 Å². The number of ether oxygens (including phenoxy) is 1. The van der Waals surface area contributed by atoms with E-state index in [1.54, 1.807) is 0 Å². The summed E-state index contributed by atoms with van der Waals surface area (Å²) in [4.78, 5) is 16.8. The third kappa shape index (κ3) is 5.45. The molecule has 5 heteroatoms. The third-order valence-electron chi connectivity index (χ3n) is 4.96. The van der Waals surface area contributed by atoms with Crippen LogP contribution in [0, 0.1) is 5.92 Å². The Morgan fingerprint density at radius 1 is 1.23 bits per heavy atom. The SMILES string of the molecule is CC(C)(C)OCC(O)CN1CCC(=O)N(CC2CC2)Cc2ccccc21. The lowest BCUT2D eigenvalue weighted by Gasteiger charge is -2.34. The monoisotopic (exact) mass is 360 g/mol. The van der Waals surface area contributed by atoms with Crippen LogP contribution in [0.2, 0.25) is 0 Å². The van der Waals surface area contributed by atoms with Gasteiger partial charge in [-0.15, -0.1) is 0 Å². The molecule has 0 spiro atoms. The van der Waals surface area contributed by atoms with E-state index < -0.39 is 6.10 Å². The second-order valence-electron chi connectivity index (χ2n) is 8.62. The average molecular weight is 360 g/mol. The van der Waals surface area contributed by atoms with Crippen LogP contribution in [0.3, 0.4) is 0 Å². The van der Waals surface area contributed by atoms with Gasteiger partial charge in [0, 0.05) is 38.3 Å². The van der Waals surface area contributed by atoms with Crippen molar-refractivity contribution in [3.05, 3.63) is 29.8 Å². The lowest BCUT2D eigenvalue weighted by atomic mass is 10.1. The van der Waals surface area contributed by atoms with Gasteiger partial charge in [0.2, 0.25) is 5.91 Å². The number of nitrogens with zero attached hydrogens (tertiary/aromatic N) is 2. The number of carbonyl (C=O) groups excluding carboxylic acids is 1. The highest BCUT2D eigenvalue weighted by Gasteiger charge is 2.29. The largest absolute Gasteiger partial charge is 0.389 e. The minimum atomic E-state index is -0.584. The van der Waals surface area contributed by atoms with E-state index in [-0.39, 0.29) is 11.5 Å². The van der Waals surface area contributed by atoms with Gasteiger partial charge in [-0.3, -0.25) is 4.79 Å². The van der Waals surface area contributed by atoms with Crippen molar-refractivity contribution in [2.75, 3.05) is 31.1 Å². The molecular weight excluding hydrogens is 328 g/mol. The summed E-state index contributed by atoms with van der Waals surface area (Å²) in [5.41, 5.74) is 2.01. The minimum absolute atomic E-state index is 0.219. The van der Waals surface area contributed by atoms with Crippen LogP contribution in [-0.2, 0) is 16.1 Å². The van der Waals surface area contributed by atoms with Crippen LogP contribution >= 0.6 is 0 Å². The summed E-state index contributed by atoms with van der Waals surface area (Å²) in [6, 6.07) is 8.24. The van der Waals surface area contributed by atoms with E-state index in [2.05, 4.69) is 17.0 Å². The van der Waals surface area contributed by atoms with Crippen molar-refractivity contribution in [1.29, 1.82) is 0 Å².